The third-order valence-corrected chi connectivity index (χ3v) is 8.37. The zero-order valence-corrected chi connectivity index (χ0v) is 18.8. The van der Waals surface area contributed by atoms with E-state index in [0.717, 1.165) is 16.9 Å². The third kappa shape index (κ3) is 3.90. The maximum atomic E-state index is 13.8. The van der Waals surface area contributed by atoms with Crippen LogP contribution in [0.4, 0.5) is 4.39 Å². The first kappa shape index (κ1) is 21.7. The minimum atomic E-state index is -3.76. The number of carbonyl (C=O) groups excluding carboxylic acids is 1. The highest BCUT2D eigenvalue weighted by Gasteiger charge is 2.31. The smallest absolute Gasteiger partial charge is 0.308 e. The van der Waals surface area contributed by atoms with Crippen LogP contribution in [0.25, 0.3) is 10.2 Å². The number of aryl methyl sites for hydroxylation is 2. The van der Waals surface area contributed by atoms with E-state index in [0.29, 0.717) is 16.8 Å². The number of nitrogens with zero attached hydrogens (tertiary/aromatic N) is 3. The molecule has 4 rings (SSSR count). The Bertz CT molecular complexity index is 1320. The fourth-order valence-electron chi connectivity index (χ4n) is 3.70. The van der Waals surface area contributed by atoms with Crippen molar-refractivity contribution in [2.24, 2.45) is 0 Å². The first-order valence-electron chi connectivity index (χ1n) is 9.91. The van der Waals surface area contributed by atoms with Crippen molar-refractivity contribution < 1.29 is 17.6 Å². The second kappa shape index (κ2) is 8.18. The minimum Gasteiger partial charge on any atom is -0.336 e. The molecule has 1 aromatic heterocycles. The first-order chi connectivity index (χ1) is 14.7. The van der Waals surface area contributed by atoms with Gasteiger partial charge in [0.05, 0.1) is 15.1 Å². The molecule has 1 fully saturated rings. The summed E-state index contributed by atoms with van der Waals surface area (Å²) in [5.74, 6) is -0.760. The van der Waals surface area contributed by atoms with Crippen LogP contribution in [-0.4, -0.2) is 54.3 Å². The topological polar surface area (TPSA) is 79.7 Å². The molecule has 3 aromatic rings. The molecule has 31 heavy (non-hydrogen) atoms. The van der Waals surface area contributed by atoms with Gasteiger partial charge in [0.1, 0.15) is 5.82 Å². The molecular weight excluding hydrogens is 441 g/mol. The number of rotatable bonds is 4. The van der Waals surface area contributed by atoms with E-state index in [2.05, 4.69) is 0 Å². The average molecular weight is 464 g/mol. The van der Waals surface area contributed by atoms with Crippen molar-refractivity contribution in [3.8, 4) is 0 Å². The molecule has 0 saturated carbocycles. The normalized spacial score (nSPS) is 15.5. The summed E-state index contributed by atoms with van der Waals surface area (Å²) >= 11 is 1.03. The van der Waals surface area contributed by atoms with Crippen LogP contribution in [-0.2, 0) is 16.6 Å². The number of piperazine rings is 1. The molecular formula is C21H22FN3O4S2. The van der Waals surface area contributed by atoms with Crippen molar-refractivity contribution in [2.75, 3.05) is 26.2 Å². The van der Waals surface area contributed by atoms with Crippen molar-refractivity contribution in [1.82, 2.24) is 13.8 Å². The Kier molecular flexibility index (Phi) is 5.71. The molecule has 0 spiro atoms. The van der Waals surface area contributed by atoms with Gasteiger partial charge >= 0.3 is 4.87 Å². The SMILES string of the molecule is CCn1c(=O)sc2cc(S(=O)(=O)N3CCN(C(=O)c4ccc(C)c(F)c4)CC3)ccc21. The molecule has 0 radical (unpaired) electrons. The summed E-state index contributed by atoms with van der Waals surface area (Å²) in [6.07, 6.45) is 0. The van der Waals surface area contributed by atoms with Gasteiger partial charge in [-0.05, 0) is 49.7 Å². The molecule has 2 heterocycles. The highest BCUT2D eigenvalue weighted by atomic mass is 32.2. The van der Waals surface area contributed by atoms with Gasteiger partial charge in [0, 0.05) is 38.3 Å². The number of fused-ring (bicyclic) bond motifs is 1. The van der Waals surface area contributed by atoms with E-state index in [9.17, 15) is 22.4 Å². The molecule has 2 aromatic carbocycles. The van der Waals surface area contributed by atoms with Crippen molar-refractivity contribution >= 4 is 37.5 Å². The molecule has 164 valence electrons. The summed E-state index contributed by atoms with van der Waals surface area (Å²) in [7, 11) is -3.76. The molecule has 0 unspecified atom stereocenters. The average Bonchev–Trinajstić information content (AvgIpc) is 3.09. The van der Waals surface area contributed by atoms with Crippen molar-refractivity contribution in [2.45, 2.75) is 25.3 Å². The van der Waals surface area contributed by atoms with Crippen LogP contribution in [0.2, 0.25) is 0 Å². The van der Waals surface area contributed by atoms with E-state index >= 15 is 0 Å². The van der Waals surface area contributed by atoms with Gasteiger partial charge in [-0.2, -0.15) is 4.31 Å². The van der Waals surface area contributed by atoms with Gasteiger partial charge in [-0.1, -0.05) is 17.4 Å². The quantitative estimate of drug-likeness (QED) is 0.596. The van der Waals surface area contributed by atoms with E-state index in [4.69, 9.17) is 0 Å². The van der Waals surface area contributed by atoms with E-state index < -0.39 is 15.8 Å². The van der Waals surface area contributed by atoms with Gasteiger partial charge < -0.3 is 4.90 Å². The molecule has 0 atom stereocenters. The van der Waals surface area contributed by atoms with Crippen LogP contribution in [0.3, 0.4) is 0 Å². The number of carbonyl (C=O) groups is 1. The Labute approximate surface area is 183 Å². The Hall–Kier alpha value is -2.56. The van der Waals surface area contributed by atoms with Gasteiger partial charge in [0.15, 0.2) is 0 Å². The van der Waals surface area contributed by atoms with Crippen LogP contribution in [0.15, 0.2) is 46.1 Å². The zero-order chi connectivity index (χ0) is 22.3. The fraction of sp³-hybridized carbons (Fsp3) is 0.333. The number of sulfonamides is 1. The monoisotopic (exact) mass is 463 g/mol. The predicted octanol–water partition coefficient (Wildman–Crippen LogP) is 2.68. The lowest BCUT2D eigenvalue weighted by atomic mass is 10.1. The second-order valence-corrected chi connectivity index (χ2v) is 10.3. The molecule has 0 N–H and O–H groups in total. The molecule has 1 aliphatic rings. The van der Waals surface area contributed by atoms with E-state index in [-0.39, 0.29) is 47.4 Å². The van der Waals surface area contributed by atoms with Crippen LogP contribution in [0, 0.1) is 12.7 Å². The van der Waals surface area contributed by atoms with Gasteiger partial charge in [-0.3, -0.25) is 14.2 Å². The van der Waals surface area contributed by atoms with E-state index in [1.807, 2.05) is 6.92 Å². The molecule has 1 aliphatic heterocycles. The number of amides is 1. The van der Waals surface area contributed by atoms with E-state index in [1.165, 1.54) is 27.4 Å². The van der Waals surface area contributed by atoms with E-state index in [1.54, 1.807) is 29.7 Å². The summed E-state index contributed by atoms with van der Waals surface area (Å²) in [4.78, 5) is 26.3. The molecule has 0 aliphatic carbocycles. The lowest BCUT2D eigenvalue weighted by Crippen LogP contribution is -2.50. The van der Waals surface area contributed by atoms with Crippen LogP contribution >= 0.6 is 11.3 Å². The van der Waals surface area contributed by atoms with Crippen LogP contribution in [0.1, 0.15) is 22.8 Å². The summed E-state index contributed by atoms with van der Waals surface area (Å²) in [5, 5.41) is 0. The van der Waals surface area contributed by atoms with Crippen LogP contribution in [0.5, 0.6) is 0 Å². The molecule has 0 bridgehead atoms. The summed E-state index contributed by atoms with van der Waals surface area (Å²) in [6, 6.07) is 9.06. The lowest BCUT2D eigenvalue weighted by Gasteiger charge is -2.34. The number of aromatic nitrogens is 1. The highest BCUT2D eigenvalue weighted by Crippen LogP contribution is 2.25. The number of halogens is 1. The number of hydrogen-bond donors (Lipinski definition) is 0. The molecule has 1 saturated heterocycles. The predicted molar refractivity (Wildman–Crippen MR) is 118 cm³/mol. The van der Waals surface area contributed by atoms with Gasteiger partial charge in [-0.15, -0.1) is 0 Å². The van der Waals surface area contributed by atoms with Crippen LogP contribution < -0.4 is 4.87 Å². The first-order valence-corrected chi connectivity index (χ1v) is 12.2. The van der Waals surface area contributed by atoms with Crippen molar-refractivity contribution in [3.63, 3.8) is 0 Å². The summed E-state index contributed by atoms with van der Waals surface area (Å²) in [6.45, 7) is 4.74. The second-order valence-electron chi connectivity index (χ2n) is 7.40. The molecule has 10 heteroatoms. The third-order valence-electron chi connectivity index (χ3n) is 5.54. The Morgan fingerprint density at radius 1 is 1.10 bits per heavy atom. The Balaban J connectivity index is 1.51. The zero-order valence-electron chi connectivity index (χ0n) is 17.2. The fourth-order valence-corrected chi connectivity index (χ4v) is 6.21. The van der Waals surface area contributed by atoms with Gasteiger partial charge in [0.2, 0.25) is 10.0 Å². The number of benzene rings is 2. The Morgan fingerprint density at radius 2 is 1.81 bits per heavy atom. The van der Waals surface area contributed by atoms with Crippen molar-refractivity contribution in [1.29, 1.82) is 0 Å². The summed E-state index contributed by atoms with van der Waals surface area (Å²) in [5.41, 5.74) is 1.43. The molecule has 7 nitrogen and oxygen atoms in total. The maximum absolute atomic E-state index is 13.8. The standard InChI is InChI=1S/C21H22FN3O4S2/c1-3-25-18-7-6-16(13-19(18)30-21(25)27)31(28,29)24-10-8-23(9-11-24)20(26)15-5-4-14(2)17(22)12-15/h4-7,12-13H,3,8-11H2,1-2H3. The minimum absolute atomic E-state index is 0.119. The maximum Gasteiger partial charge on any atom is 0.308 e. The highest BCUT2D eigenvalue weighted by molar-refractivity contribution is 7.89. The largest absolute Gasteiger partial charge is 0.336 e. The molecule has 1 amide bonds. The lowest BCUT2D eigenvalue weighted by molar-refractivity contribution is 0.0697. The summed E-state index contributed by atoms with van der Waals surface area (Å²) < 4.78 is 43.6. The number of hydrogen-bond acceptors (Lipinski definition) is 5. The Morgan fingerprint density at radius 3 is 2.45 bits per heavy atom. The van der Waals surface area contributed by atoms with Gasteiger partial charge in [0.25, 0.3) is 5.91 Å². The van der Waals surface area contributed by atoms with Crippen molar-refractivity contribution in [3.05, 3.63) is 63.0 Å². The van der Waals surface area contributed by atoms with Gasteiger partial charge in [-0.25, -0.2) is 12.8 Å². The number of thiazole rings is 1.